The van der Waals surface area contributed by atoms with Crippen LogP contribution in [0.2, 0.25) is 5.02 Å². The van der Waals surface area contributed by atoms with Crippen LogP contribution in [0, 0.1) is 6.92 Å². The van der Waals surface area contributed by atoms with Crippen LogP contribution >= 0.6 is 11.6 Å². The van der Waals surface area contributed by atoms with Crippen LogP contribution in [0.3, 0.4) is 0 Å². The minimum absolute atomic E-state index is 0.135. The van der Waals surface area contributed by atoms with E-state index < -0.39 is 35.4 Å². The second kappa shape index (κ2) is 9.84. The molecule has 0 fully saturated rings. The molecule has 0 bridgehead atoms. The van der Waals surface area contributed by atoms with Crippen molar-refractivity contribution in [1.29, 1.82) is 0 Å². The molecule has 180 valence electrons. The third-order valence-corrected chi connectivity index (χ3v) is 5.52. The summed E-state index contributed by atoms with van der Waals surface area (Å²) in [6.07, 6.45) is -5.00. The highest BCUT2D eigenvalue weighted by atomic mass is 35.5. The molecule has 0 saturated heterocycles. The summed E-state index contributed by atoms with van der Waals surface area (Å²) in [5, 5.41) is 2.82. The number of nitrogens with one attached hydrogen (secondary N) is 1. The fourth-order valence-electron chi connectivity index (χ4n) is 3.61. The number of hydrogen-bond acceptors (Lipinski definition) is 4. The highest BCUT2D eigenvalue weighted by Crippen LogP contribution is 2.37. The van der Waals surface area contributed by atoms with Gasteiger partial charge in [0.2, 0.25) is 6.10 Å². The molecule has 0 radical (unpaired) electrons. The minimum Gasteiger partial charge on any atom is -0.464 e. The summed E-state index contributed by atoms with van der Waals surface area (Å²) in [5.74, 6) is -1.69. The Labute approximate surface area is 203 Å². The molecular formula is C26H19ClF3NO4. The minimum atomic E-state index is -4.76. The Morgan fingerprint density at radius 1 is 1.06 bits per heavy atom. The van der Waals surface area contributed by atoms with Gasteiger partial charge in [-0.05, 0) is 36.8 Å². The summed E-state index contributed by atoms with van der Waals surface area (Å²) in [6.45, 7) is 1.91. The van der Waals surface area contributed by atoms with Crippen molar-refractivity contribution in [3.8, 4) is 0 Å². The van der Waals surface area contributed by atoms with E-state index in [-0.39, 0.29) is 11.4 Å². The number of amides is 1. The van der Waals surface area contributed by atoms with Gasteiger partial charge in [0.25, 0.3) is 5.91 Å². The zero-order valence-corrected chi connectivity index (χ0v) is 19.1. The maximum Gasteiger partial charge on any atom is 0.418 e. The third-order valence-electron chi connectivity index (χ3n) is 5.28. The number of esters is 1. The average molecular weight is 502 g/mol. The number of hydrogen-bond donors (Lipinski definition) is 1. The molecule has 4 aromatic rings. The lowest BCUT2D eigenvalue weighted by molar-refractivity contribution is -0.154. The van der Waals surface area contributed by atoms with Crippen molar-refractivity contribution < 1.29 is 31.9 Å². The smallest absolute Gasteiger partial charge is 0.418 e. The number of carbonyl (C=O) groups is 2. The lowest BCUT2D eigenvalue weighted by atomic mass is 10.1. The number of rotatable bonds is 6. The van der Waals surface area contributed by atoms with Crippen LogP contribution in [0.5, 0.6) is 0 Å². The van der Waals surface area contributed by atoms with Crippen LogP contribution < -0.4 is 5.32 Å². The topological polar surface area (TPSA) is 68.5 Å². The molecule has 1 amide bonds. The van der Waals surface area contributed by atoms with Gasteiger partial charge in [-0.15, -0.1) is 0 Å². The molecule has 0 aliphatic heterocycles. The first-order chi connectivity index (χ1) is 16.6. The molecular weight excluding hydrogens is 483 g/mol. The second-order valence-electron chi connectivity index (χ2n) is 7.89. The number of fused-ring (bicyclic) bond motifs is 1. The van der Waals surface area contributed by atoms with E-state index in [0.29, 0.717) is 22.8 Å². The first-order valence-corrected chi connectivity index (χ1v) is 10.9. The van der Waals surface area contributed by atoms with E-state index in [1.54, 1.807) is 30.3 Å². The number of alkyl halides is 3. The zero-order valence-electron chi connectivity index (χ0n) is 18.4. The molecule has 5 nitrogen and oxygen atoms in total. The van der Waals surface area contributed by atoms with Crippen LogP contribution in [-0.4, -0.2) is 11.9 Å². The molecule has 0 spiro atoms. The molecule has 0 aliphatic carbocycles. The molecule has 1 heterocycles. The second-order valence-corrected chi connectivity index (χ2v) is 8.33. The van der Waals surface area contributed by atoms with Gasteiger partial charge in [0, 0.05) is 21.5 Å². The molecule has 0 unspecified atom stereocenters. The summed E-state index contributed by atoms with van der Waals surface area (Å²) in [7, 11) is 0. The van der Waals surface area contributed by atoms with Gasteiger partial charge < -0.3 is 14.5 Å². The van der Waals surface area contributed by atoms with Gasteiger partial charge in [-0.25, -0.2) is 0 Å². The van der Waals surface area contributed by atoms with Gasteiger partial charge in [0.05, 0.1) is 23.9 Å². The van der Waals surface area contributed by atoms with Crippen molar-refractivity contribution >= 4 is 40.1 Å². The van der Waals surface area contributed by atoms with Crippen LogP contribution in [0.4, 0.5) is 18.9 Å². The van der Waals surface area contributed by atoms with E-state index in [1.807, 2.05) is 25.1 Å². The predicted molar refractivity (Wildman–Crippen MR) is 125 cm³/mol. The first-order valence-electron chi connectivity index (χ1n) is 10.5. The maximum absolute atomic E-state index is 13.5. The predicted octanol–water partition coefficient (Wildman–Crippen LogP) is 6.88. The Bertz CT molecular complexity index is 1380. The fourth-order valence-corrected chi connectivity index (χ4v) is 3.79. The molecule has 0 saturated carbocycles. The van der Waals surface area contributed by atoms with Crippen LogP contribution in [0.15, 0.2) is 77.4 Å². The van der Waals surface area contributed by atoms with Gasteiger partial charge in [-0.2, -0.15) is 13.2 Å². The SMILES string of the molecule is Cc1ccc2c(CC(=O)O[C@@H](C(=O)Nc3ccc(Cl)cc3C(F)(F)F)c3ccccc3)coc2c1. The van der Waals surface area contributed by atoms with Crippen molar-refractivity contribution in [1.82, 2.24) is 0 Å². The molecule has 1 aromatic heterocycles. The molecule has 3 aromatic carbocycles. The quantitative estimate of drug-likeness (QED) is 0.292. The van der Waals surface area contributed by atoms with Gasteiger partial charge in [0.15, 0.2) is 0 Å². The lowest BCUT2D eigenvalue weighted by Crippen LogP contribution is -2.27. The van der Waals surface area contributed by atoms with E-state index in [4.69, 9.17) is 20.8 Å². The van der Waals surface area contributed by atoms with E-state index in [9.17, 15) is 22.8 Å². The summed E-state index contributed by atoms with van der Waals surface area (Å²) in [5.41, 5.74) is 0.842. The molecule has 0 aliphatic rings. The van der Waals surface area contributed by atoms with Gasteiger partial charge >= 0.3 is 12.1 Å². The Balaban J connectivity index is 1.58. The third kappa shape index (κ3) is 5.66. The van der Waals surface area contributed by atoms with Crippen molar-refractivity contribution in [2.75, 3.05) is 5.32 Å². The van der Waals surface area contributed by atoms with Gasteiger partial charge in [0.1, 0.15) is 5.58 Å². The summed E-state index contributed by atoms with van der Waals surface area (Å²) in [4.78, 5) is 25.8. The summed E-state index contributed by atoms with van der Waals surface area (Å²) >= 11 is 5.71. The van der Waals surface area contributed by atoms with Crippen LogP contribution in [0.1, 0.15) is 28.4 Å². The molecule has 9 heteroatoms. The highest BCUT2D eigenvalue weighted by molar-refractivity contribution is 6.30. The number of carbonyl (C=O) groups excluding carboxylic acids is 2. The average Bonchev–Trinajstić information content (AvgIpc) is 3.20. The number of ether oxygens (including phenoxy) is 1. The summed E-state index contributed by atoms with van der Waals surface area (Å²) < 4.78 is 51.4. The highest BCUT2D eigenvalue weighted by Gasteiger charge is 2.35. The summed E-state index contributed by atoms with van der Waals surface area (Å²) in [6, 6.07) is 16.5. The van der Waals surface area contributed by atoms with E-state index in [0.717, 1.165) is 17.0 Å². The zero-order chi connectivity index (χ0) is 25.2. The Hall–Kier alpha value is -3.78. The molecule has 35 heavy (non-hydrogen) atoms. The molecule has 4 rings (SSSR count). The van der Waals surface area contributed by atoms with E-state index in [2.05, 4.69) is 5.32 Å². The van der Waals surface area contributed by atoms with Crippen molar-refractivity contribution in [2.24, 2.45) is 0 Å². The van der Waals surface area contributed by atoms with Crippen molar-refractivity contribution in [2.45, 2.75) is 25.6 Å². The number of aryl methyl sites for hydroxylation is 1. The number of benzene rings is 3. The molecule has 1 atom stereocenters. The molecule has 1 N–H and O–H groups in total. The fraction of sp³-hybridized carbons (Fsp3) is 0.154. The Kier molecular flexibility index (Phi) is 6.84. The number of furan rings is 1. The van der Waals surface area contributed by atoms with Gasteiger partial charge in [-0.3, -0.25) is 9.59 Å². The monoisotopic (exact) mass is 501 g/mol. The first kappa shape index (κ1) is 24.3. The normalized spacial score (nSPS) is 12.4. The van der Waals surface area contributed by atoms with E-state index in [1.165, 1.54) is 12.3 Å². The Morgan fingerprint density at radius 2 is 1.80 bits per heavy atom. The van der Waals surface area contributed by atoms with Crippen LogP contribution in [-0.2, 0) is 26.9 Å². The number of halogens is 4. The van der Waals surface area contributed by atoms with Crippen molar-refractivity contribution in [3.63, 3.8) is 0 Å². The van der Waals surface area contributed by atoms with Crippen molar-refractivity contribution in [3.05, 3.63) is 100 Å². The largest absolute Gasteiger partial charge is 0.464 e. The Morgan fingerprint density at radius 3 is 2.51 bits per heavy atom. The standard InChI is InChI=1S/C26H19ClF3NO4/c1-15-7-9-19-17(14-34-22(19)11-15)12-23(32)35-24(16-5-3-2-4-6-16)25(33)31-21-10-8-18(27)13-20(21)26(28,29)30/h2-11,13-14,24H,12H2,1H3,(H,31,33)/t24-/m1/s1. The lowest BCUT2D eigenvalue weighted by Gasteiger charge is -2.20. The van der Waals surface area contributed by atoms with E-state index >= 15 is 0 Å². The maximum atomic E-state index is 13.5. The van der Waals surface area contributed by atoms with Crippen LogP contribution in [0.25, 0.3) is 11.0 Å². The number of anilines is 1. The van der Waals surface area contributed by atoms with Gasteiger partial charge in [-0.1, -0.05) is 54.1 Å².